The number of carbonyl (C=O) groups excluding carboxylic acids is 1. The second kappa shape index (κ2) is 11.8. The highest BCUT2D eigenvalue weighted by Gasteiger charge is 2.20. The van der Waals surface area contributed by atoms with Crippen LogP contribution in [0.15, 0.2) is 95.6 Å². The summed E-state index contributed by atoms with van der Waals surface area (Å²) in [5.41, 5.74) is 7.47. The van der Waals surface area contributed by atoms with Crippen LogP contribution in [0.25, 0.3) is 22.3 Å². The molecule has 2 N–H and O–H groups in total. The van der Waals surface area contributed by atoms with E-state index >= 15 is 0 Å². The van der Waals surface area contributed by atoms with Crippen molar-refractivity contribution in [1.29, 1.82) is 0 Å². The summed E-state index contributed by atoms with van der Waals surface area (Å²) in [5.74, 6) is 0. The molecule has 0 saturated carbocycles. The minimum absolute atomic E-state index is 0.304. The fourth-order valence-corrected chi connectivity index (χ4v) is 4.78. The molecule has 1 fully saturated rings. The van der Waals surface area contributed by atoms with Crippen LogP contribution < -0.4 is 5.32 Å². The first kappa shape index (κ1) is 24.0. The summed E-state index contributed by atoms with van der Waals surface area (Å²) in [7, 11) is 0. The molecular formula is C29H30BrN3O. The zero-order chi connectivity index (χ0) is 23.8. The summed E-state index contributed by atoms with van der Waals surface area (Å²) in [5, 5.41) is 3.32. The molecule has 1 amide bonds. The molecule has 4 aromatic rings. The van der Waals surface area contributed by atoms with Gasteiger partial charge in [0.2, 0.25) is 6.41 Å². The van der Waals surface area contributed by atoms with Crippen LogP contribution in [0.3, 0.4) is 0 Å². The Balaban J connectivity index is 0.000000166. The molecule has 5 heteroatoms. The summed E-state index contributed by atoms with van der Waals surface area (Å²) < 4.78 is 1.10. The van der Waals surface area contributed by atoms with Crippen molar-refractivity contribution in [1.82, 2.24) is 15.2 Å². The fraction of sp³-hybridized carbons (Fsp3) is 0.207. The molecule has 1 saturated heterocycles. The minimum atomic E-state index is 0.304. The lowest BCUT2D eigenvalue weighted by Gasteiger charge is -2.33. The van der Waals surface area contributed by atoms with Crippen LogP contribution in [0.5, 0.6) is 0 Å². The molecule has 174 valence electrons. The van der Waals surface area contributed by atoms with E-state index in [2.05, 4.69) is 93.9 Å². The van der Waals surface area contributed by atoms with Crippen molar-refractivity contribution in [2.24, 2.45) is 0 Å². The molecule has 4 nitrogen and oxygen atoms in total. The number of carbonyl (C=O) groups is 1. The van der Waals surface area contributed by atoms with E-state index in [0.717, 1.165) is 36.9 Å². The Morgan fingerprint density at radius 3 is 2.38 bits per heavy atom. The van der Waals surface area contributed by atoms with Crippen LogP contribution in [0, 0.1) is 6.92 Å². The Labute approximate surface area is 210 Å². The van der Waals surface area contributed by atoms with Crippen LogP contribution in [-0.2, 0) is 11.2 Å². The van der Waals surface area contributed by atoms with Gasteiger partial charge >= 0.3 is 0 Å². The average Bonchev–Trinajstić information content (AvgIpc) is 3.27. The van der Waals surface area contributed by atoms with Gasteiger partial charge in [0, 0.05) is 53.2 Å². The topological polar surface area (TPSA) is 48.1 Å². The number of nitrogens with one attached hydrogen (secondary N) is 2. The minimum Gasteiger partial charge on any atom is -0.364 e. The third-order valence-corrected chi connectivity index (χ3v) is 6.61. The summed E-state index contributed by atoms with van der Waals surface area (Å²) in [6.07, 6.45) is 3.99. The Bertz CT molecular complexity index is 1190. The van der Waals surface area contributed by atoms with Gasteiger partial charge < -0.3 is 15.2 Å². The molecule has 0 aliphatic carbocycles. The number of H-pyrrole nitrogens is 1. The summed E-state index contributed by atoms with van der Waals surface area (Å²) in [4.78, 5) is 16.1. The molecule has 0 bridgehead atoms. The highest BCUT2D eigenvalue weighted by Crippen LogP contribution is 2.35. The highest BCUT2D eigenvalue weighted by molar-refractivity contribution is 9.10. The van der Waals surface area contributed by atoms with Crippen LogP contribution in [0.1, 0.15) is 11.3 Å². The van der Waals surface area contributed by atoms with Crippen LogP contribution >= 0.6 is 15.9 Å². The number of halogens is 1. The maximum Gasteiger partial charge on any atom is 0.210 e. The Kier molecular flexibility index (Phi) is 8.34. The van der Waals surface area contributed by atoms with Gasteiger partial charge in [0.25, 0.3) is 0 Å². The van der Waals surface area contributed by atoms with E-state index in [0.29, 0.717) is 6.04 Å². The zero-order valence-corrected chi connectivity index (χ0v) is 21.0. The monoisotopic (exact) mass is 515 g/mol. The Hall–Kier alpha value is -3.15. The quantitative estimate of drug-likeness (QED) is 0.316. The summed E-state index contributed by atoms with van der Waals surface area (Å²) in [6.45, 7) is 4.74. The van der Waals surface area contributed by atoms with Gasteiger partial charge in [-0.3, -0.25) is 4.79 Å². The molecule has 2 heterocycles. The van der Waals surface area contributed by atoms with Gasteiger partial charge in [0.1, 0.15) is 0 Å². The van der Waals surface area contributed by atoms with Gasteiger partial charge in [0.05, 0.1) is 0 Å². The number of aromatic amines is 1. The molecule has 34 heavy (non-hydrogen) atoms. The number of aryl methyl sites for hydroxylation is 1. The zero-order valence-electron chi connectivity index (χ0n) is 19.4. The number of piperazine rings is 1. The first-order chi connectivity index (χ1) is 16.7. The van der Waals surface area contributed by atoms with Crippen molar-refractivity contribution in [3.05, 3.63) is 107 Å². The molecule has 1 aromatic heterocycles. The first-order valence-electron chi connectivity index (χ1n) is 11.6. The van der Waals surface area contributed by atoms with Gasteiger partial charge in [-0.1, -0.05) is 88.7 Å². The van der Waals surface area contributed by atoms with Crippen molar-refractivity contribution in [2.75, 3.05) is 19.6 Å². The van der Waals surface area contributed by atoms with Gasteiger partial charge in [-0.2, -0.15) is 0 Å². The molecule has 1 atom stereocenters. The maximum atomic E-state index is 10.9. The molecule has 1 unspecified atom stereocenters. The van der Waals surface area contributed by atoms with E-state index in [1.807, 2.05) is 35.2 Å². The van der Waals surface area contributed by atoms with Crippen LogP contribution in [0.4, 0.5) is 0 Å². The van der Waals surface area contributed by atoms with Crippen molar-refractivity contribution < 1.29 is 4.79 Å². The third kappa shape index (κ3) is 6.04. The molecule has 1 aliphatic rings. The standard InChI is InChI=1S/C17H14BrN.C12H16N2O/c1-12-17(13-6-3-2-4-7-13)16(11-19-12)14-8-5-9-15(18)10-14;15-10-14-7-6-13-9-12(14)8-11-4-2-1-3-5-11/h2-11,19H,1H3;1-5,10,12-13H,6-9H2. The van der Waals surface area contributed by atoms with E-state index in [1.165, 1.54) is 33.5 Å². The molecule has 1 aliphatic heterocycles. The van der Waals surface area contributed by atoms with E-state index in [4.69, 9.17) is 0 Å². The first-order valence-corrected chi connectivity index (χ1v) is 12.4. The van der Waals surface area contributed by atoms with Gasteiger partial charge in [-0.25, -0.2) is 0 Å². The van der Waals surface area contributed by atoms with Crippen molar-refractivity contribution in [3.8, 4) is 22.3 Å². The maximum absolute atomic E-state index is 10.9. The predicted octanol–water partition coefficient (Wildman–Crippen LogP) is 6.08. The van der Waals surface area contributed by atoms with Gasteiger partial charge in [0.15, 0.2) is 0 Å². The number of rotatable bonds is 5. The second-order valence-corrected chi connectivity index (χ2v) is 9.39. The Morgan fingerprint density at radius 1 is 0.971 bits per heavy atom. The van der Waals surface area contributed by atoms with Crippen molar-refractivity contribution >= 4 is 22.3 Å². The number of nitrogens with zero attached hydrogens (tertiary/aromatic N) is 1. The average molecular weight is 516 g/mol. The molecule has 5 rings (SSSR count). The molecule has 3 aromatic carbocycles. The van der Waals surface area contributed by atoms with Crippen LogP contribution in [-0.4, -0.2) is 42.0 Å². The third-order valence-electron chi connectivity index (χ3n) is 6.12. The normalized spacial score (nSPS) is 15.4. The number of hydrogen-bond donors (Lipinski definition) is 2. The largest absolute Gasteiger partial charge is 0.364 e. The molecular weight excluding hydrogens is 486 g/mol. The highest BCUT2D eigenvalue weighted by atomic mass is 79.9. The predicted molar refractivity (Wildman–Crippen MR) is 144 cm³/mol. The van der Waals surface area contributed by atoms with Crippen molar-refractivity contribution in [3.63, 3.8) is 0 Å². The van der Waals surface area contributed by atoms with E-state index in [9.17, 15) is 4.79 Å². The van der Waals surface area contributed by atoms with Gasteiger partial charge in [-0.15, -0.1) is 0 Å². The fourth-order valence-electron chi connectivity index (χ4n) is 4.38. The Morgan fingerprint density at radius 2 is 1.68 bits per heavy atom. The lowest BCUT2D eigenvalue weighted by Crippen LogP contribution is -2.51. The number of hydrogen-bond acceptors (Lipinski definition) is 2. The lowest BCUT2D eigenvalue weighted by molar-refractivity contribution is -0.120. The van der Waals surface area contributed by atoms with E-state index in [-0.39, 0.29) is 0 Å². The number of amides is 1. The lowest BCUT2D eigenvalue weighted by atomic mass is 9.97. The summed E-state index contributed by atoms with van der Waals surface area (Å²) >= 11 is 3.54. The number of benzene rings is 3. The molecule has 0 spiro atoms. The van der Waals surface area contributed by atoms with Crippen LogP contribution in [0.2, 0.25) is 0 Å². The smallest absolute Gasteiger partial charge is 0.210 e. The molecule has 0 radical (unpaired) electrons. The van der Waals surface area contributed by atoms with E-state index in [1.54, 1.807) is 0 Å². The van der Waals surface area contributed by atoms with Crippen molar-refractivity contribution in [2.45, 2.75) is 19.4 Å². The SMILES string of the molecule is Cc1[nH]cc(-c2cccc(Br)c2)c1-c1ccccc1.O=CN1CCNCC1Cc1ccccc1. The second-order valence-electron chi connectivity index (χ2n) is 8.47. The van der Waals surface area contributed by atoms with E-state index < -0.39 is 0 Å². The van der Waals surface area contributed by atoms with Gasteiger partial charge in [-0.05, 0) is 42.2 Å². The number of aromatic nitrogens is 1. The summed E-state index contributed by atoms with van der Waals surface area (Å²) in [6, 6.07) is 29.5.